The molecule has 1 aliphatic carbocycles. The number of nitrogens with zero attached hydrogens (tertiary/aromatic N) is 2. The van der Waals surface area contributed by atoms with E-state index in [1.165, 1.54) is 10.7 Å². The number of hydrogen-bond donors (Lipinski definition) is 1. The topological polar surface area (TPSA) is 52.7 Å². The van der Waals surface area contributed by atoms with Crippen LogP contribution in [0.15, 0.2) is 0 Å². The summed E-state index contributed by atoms with van der Waals surface area (Å²) in [5, 5.41) is 3.04. The van der Waals surface area contributed by atoms with E-state index in [9.17, 15) is 8.42 Å². The second-order valence-corrected chi connectivity index (χ2v) is 7.18. The lowest BCUT2D eigenvalue weighted by Crippen LogP contribution is -2.46. The third kappa shape index (κ3) is 2.65. The van der Waals surface area contributed by atoms with Crippen molar-refractivity contribution >= 4 is 10.2 Å². The molecule has 0 aromatic rings. The van der Waals surface area contributed by atoms with Gasteiger partial charge in [0.1, 0.15) is 0 Å². The molecule has 5 nitrogen and oxygen atoms in total. The highest BCUT2D eigenvalue weighted by Crippen LogP contribution is 2.39. The molecule has 0 aromatic heterocycles. The van der Waals surface area contributed by atoms with Crippen molar-refractivity contribution in [3.8, 4) is 0 Å². The fourth-order valence-corrected chi connectivity index (χ4v) is 4.62. The Bertz CT molecular complexity index is 358. The van der Waals surface area contributed by atoms with Crippen LogP contribution in [0.1, 0.15) is 25.7 Å². The first kappa shape index (κ1) is 13.3. The zero-order chi connectivity index (χ0) is 12.5. The van der Waals surface area contributed by atoms with Crippen LogP contribution in [0, 0.1) is 5.92 Å². The van der Waals surface area contributed by atoms with Gasteiger partial charge in [-0.15, -0.1) is 0 Å². The molecule has 6 heteroatoms. The maximum absolute atomic E-state index is 12.3. The summed E-state index contributed by atoms with van der Waals surface area (Å²) < 4.78 is 27.9. The van der Waals surface area contributed by atoms with Crippen LogP contribution in [0.5, 0.6) is 0 Å². The lowest BCUT2D eigenvalue weighted by Gasteiger charge is -2.30. The smallest absolute Gasteiger partial charge is 0.281 e. The van der Waals surface area contributed by atoms with Crippen molar-refractivity contribution in [2.75, 3.05) is 33.7 Å². The van der Waals surface area contributed by atoms with Crippen LogP contribution in [-0.2, 0) is 10.2 Å². The fourth-order valence-electron chi connectivity index (χ4n) is 2.93. The fraction of sp³-hybridized carbons (Fsp3) is 1.00. The van der Waals surface area contributed by atoms with Crippen molar-refractivity contribution in [3.05, 3.63) is 0 Å². The van der Waals surface area contributed by atoms with Gasteiger partial charge in [-0.1, -0.05) is 0 Å². The summed E-state index contributed by atoms with van der Waals surface area (Å²) in [6.45, 7) is 2.19. The summed E-state index contributed by atoms with van der Waals surface area (Å²) in [7, 11) is 0.363. The molecule has 2 fully saturated rings. The van der Waals surface area contributed by atoms with Gasteiger partial charge in [0.15, 0.2) is 0 Å². The minimum Gasteiger partial charge on any atom is -0.320 e. The number of piperidine rings is 1. The van der Waals surface area contributed by atoms with Crippen LogP contribution in [0.3, 0.4) is 0 Å². The molecule has 2 rings (SSSR count). The zero-order valence-electron chi connectivity index (χ0n) is 10.7. The molecule has 2 atom stereocenters. The maximum atomic E-state index is 12.3. The predicted molar refractivity (Wildman–Crippen MR) is 67.9 cm³/mol. The van der Waals surface area contributed by atoms with Gasteiger partial charge in [-0.3, -0.25) is 0 Å². The normalized spacial score (nSPS) is 29.4. The minimum absolute atomic E-state index is 0.275. The number of hydrogen-bond acceptors (Lipinski definition) is 3. The molecule has 1 saturated heterocycles. The second-order valence-electron chi connectivity index (χ2n) is 5.19. The summed E-state index contributed by atoms with van der Waals surface area (Å²) in [4.78, 5) is 0. The molecule has 1 heterocycles. The molecule has 2 bridgehead atoms. The Balaban J connectivity index is 1.94. The van der Waals surface area contributed by atoms with Crippen LogP contribution < -0.4 is 5.32 Å². The van der Waals surface area contributed by atoms with E-state index >= 15 is 0 Å². The molecule has 1 aliphatic heterocycles. The molecule has 0 spiro atoms. The Morgan fingerprint density at radius 3 is 2.71 bits per heavy atom. The summed E-state index contributed by atoms with van der Waals surface area (Å²) in [5.74, 6) is 0.612. The predicted octanol–water partition coefficient (Wildman–Crippen LogP) is 0.257. The quantitative estimate of drug-likeness (QED) is 0.698. The van der Waals surface area contributed by atoms with Gasteiger partial charge in [0.05, 0.1) is 0 Å². The molecular formula is C11H23N3O2S. The first-order valence-electron chi connectivity index (χ1n) is 6.43. The highest BCUT2D eigenvalue weighted by atomic mass is 32.2. The lowest BCUT2D eigenvalue weighted by atomic mass is 10.1. The Hall–Kier alpha value is -0.170. The van der Waals surface area contributed by atoms with Gasteiger partial charge in [-0.25, -0.2) is 0 Å². The summed E-state index contributed by atoms with van der Waals surface area (Å²) in [5.41, 5.74) is 0. The number of fused-ring (bicyclic) bond motifs is 2. The molecule has 0 amide bonds. The summed E-state index contributed by atoms with van der Waals surface area (Å²) >= 11 is 0. The summed E-state index contributed by atoms with van der Waals surface area (Å²) in [6.07, 6.45) is 4.19. The Kier molecular flexibility index (Phi) is 4.07. The van der Waals surface area contributed by atoms with Crippen molar-refractivity contribution < 1.29 is 8.42 Å². The molecule has 0 aromatic carbocycles. The van der Waals surface area contributed by atoms with E-state index in [1.54, 1.807) is 11.4 Å². The van der Waals surface area contributed by atoms with E-state index in [1.807, 2.05) is 7.05 Å². The van der Waals surface area contributed by atoms with Crippen LogP contribution in [-0.4, -0.2) is 56.8 Å². The third-order valence-electron chi connectivity index (χ3n) is 3.95. The molecule has 2 unspecified atom stereocenters. The van der Waals surface area contributed by atoms with E-state index < -0.39 is 10.2 Å². The van der Waals surface area contributed by atoms with Crippen molar-refractivity contribution in [2.24, 2.45) is 5.92 Å². The second kappa shape index (κ2) is 5.22. The van der Waals surface area contributed by atoms with E-state index in [-0.39, 0.29) is 6.04 Å². The third-order valence-corrected chi connectivity index (χ3v) is 5.96. The van der Waals surface area contributed by atoms with E-state index in [0.29, 0.717) is 12.5 Å². The highest BCUT2D eigenvalue weighted by Gasteiger charge is 2.44. The van der Waals surface area contributed by atoms with Crippen LogP contribution >= 0.6 is 0 Å². The van der Waals surface area contributed by atoms with Crippen molar-refractivity contribution in [2.45, 2.75) is 31.7 Å². The number of nitrogens with one attached hydrogen (secondary N) is 1. The first-order chi connectivity index (χ1) is 8.05. The molecule has 1 N–H and O–H groups in total. The molecule has 17 heavy (non-hydrogen) atoms. The van der Waals surface area contributed by atoms with Gasteiger partial charge in [0.2, 0.25) is 0 Å². The van der Waals surface area contributed by atoms with E-state index in [0.717, 1.165) is 32.4 Å². The largest absolute Gasteiger partial charge is 0.320 e. The van der Waals surface area contributed by atoms with Gasteiger partial charge in [-0.2, -0.15) is 17.0 Å². The molecular weight excluding hydrogens is 238 g/mol. The van der Waals surface area contributed by atoms with Crippen LogP contribution in [0.2, 0.25) is 0 Å². The molecule has 0 radical (unpaired) electrons. The maximum Gasteiger partial charge on any atom is 0.281 e. The van der Waals surface area contributed by atoms with Gasteiger partial charge >= 0.3 is 0 Å². The Morgan fingerprint density at radius 1 is 1.41 bits per heavy atom. The van der Waals surface area contributed by atoms with Gasteiger partial charge < -0.3 is 5.32 Å². The standard InChI is InChI=1S/C11H23N3O2S/c1-12-6-3-7-13(2)17(15,16)14-9-10-4-5-11(14)8-10/h10-12H,3-9H2,1-2H3. The lowest BCUT2D eigenvalue weighted by molar-refractivity contribution is 0.303. The average Bonchev–Trinajstić information content (AvgIpc) is 2.91. The minimum atomic E-state index is -3.21. The monoisotopic (exact) mass is 261 g/mol. The zero-order valence-corrected chi connectivity index (χ0v) is 11.5. The van der Waals surface area contributed by atoms with Crippen LogP contribution in [0.25, 0.3) is 0 Å². The van der Waals surface area contributed by atoms with Crippen molar-refractivity contribution in [3.63, 3.8) is 0 Å². The SMILES string of the molecule is CNCCCN(C)S(=O)(=O)N1CC2CCC1C2. The Labute approximate surface area is 104 Å². The van der Waals surface area contributed by atoms with Crippen molar-refractivity contribution in [1.29, 1.82) is 0 Å². The highest BCUT2D eigenvalue weighted by molar-refractivity contribution is 7.86. The van der Waals surface area contributed by atoms with Crippen molar-refractivity contribution in [1.82, 2.24) is 13.9 Å². The number of rotatable bonds is 6. The van der Waals surface area contributed by atoms with E-state index in [4.69, 9.17) is 0 Å². The van der Waals surface area contributed by atoms with E-state index in [2.05, 4.69) is 5.32 Å². The average molecular weight is 261 g/mol. The van der Waals surface area contributed by atoms with Crippen LogP contribution in [0.4, 0.5) is 0 Å². The van der Waals surface area contributed by atoms with Gasteiger partial charge in [0, 0.05) is 26.2 Å². The van der Waals surface area contributed by atoms with Gasteiger partial charge in [0.25, 0.3) is 10.2 Å². The molecule has 100 valence electrons. The Morgan fingerprint density at radius 2 is 2.18 bits per heavy atom. The molecule has 1 saturated carbocycles. The molecule has 2 aliphatic rings. The first-order valence-corrected chi connectivity index (χ1v) is 7.83. The summed E-state index contributed by atoms with van der Waals surface area (Å²) in [6, 6.07) is 0.275. The van der Waals surface area contributed by atoms with Gasteiger partial charge in [-0.05, 0) is 45.2 Å².